The Morgan fingerprint density at radius 1 is 1.07 bits per heavy atom. The second kappa shape index (κ2) is 7.52. The van der Waals surface area contributed by atoms with Crippen LogP contribution in [0.3, 0.4) is 0 Å². The molecule has 3 aromatic rings. The number of piperidine rings is 1. The van der Waals surface area contributed by atoms with Crippen molar-refractivity contribution in [3.8, 4) is 11.3 Å². The summed E-state index contributed by atoms with van der Waals surface area (Å²) in [5.41, 5.74) is 0.603. The number of aromatic nitrogens is 2. The molecule has 4 heterocycles. The Bertz CT molecular complexity index is 1070. The maximum Gasteiger partial charge on any atom is 0.266 e. The standard InChI is InChI=1S/C24H27N3O3/c1-17-7-10-21(30-17)15-26-19-8-9-20(26)14-24(29,13-19)16-27-23(28)12-11-22(25-27)18-5-3-2-4-6-18/h2-7,10-12,19-20,29H,8-9,13-16H2,1H3. The first-order valence-corrected chi connectivity index (χ1v) is 10.7. The van der Waals surface area contributed by atoms with Gasteiger partial charge in [0.05, 0.1) is 24.4 Å². The van der Waals surface area contributed by atoms with Crippen LogP contribution in [0.1, 0.15) is 37.2 Å². The third-order valence-electron chi connectivity index (χ3n) is 6.52. The molecule has 2 aliphatic rings. The highest BCUT2D eigenvalue weighted by Gasteiger charge is 2.48. The van der Waals surface area contributed by atoms with Crippen LogP contribution in [0.2, 0.25) is 0 Å². The smallest absolute Gasteiger partial charge is 0.266 e. The number of furan rings is 1. The maximum atomic E-state index is 12.5. The third kappa shape index (κ3) is 3.73. The Morgan fingerprint density at radius 3 is 2.47 bits per heavy atom. The number of hydrogen-bond donors (Lipinski definition) is 1. The highest BCUT2D eigenvalue weighted by Crippen LogP contribution is 2.42. The fourth-order valence-electron chi connectivity index (χ4n) is 5.15. The van der Waals surface area contributed by atoms with Crippen LogP contribution in [-0.4, -0.2) is 37.5 Å². The van der Waals surface area contributed by atoms with Crippen LogP contribution in [0.4, 0.5) is 0 Å². The van der Waals surface area contributed by atoms with Crippen LogP contribution in [0.25, 0.3) is 11.3 Å². The molecular weight excluding hydrogens is 378 g/mol. The van der Waals surface area contributed by atoms with Gasteiger partial charge in [-0.1, -0.05) is 30.3 Å². The molecule has 2 aliphatic heterocycles. The van der Waals surface area contributed by atoms with Crippen LogP contribution in [0, 0.1) is 6.92 Å². The fraction of sp³-hybridized carbons (Fsp3) is 0.417. The van der Waals surface area contributed by atoms with Crippen molar-refractivity contribution < 1.29 is 9.52 Å². The van der Waals surface area contributed by atoms with Gasteiger partial charge in [-0.15, -0.1) is 0 Å². The van der Waals surface area contributed by atoms with Crippen molar-refractivity contribution >= 4 is 0 Å². The monoisotopic (exact) mass is 405 g/mol. The molecule has 1 aromatic carbocycles. The molecule has 2 saturated heterocycles. The second-order valence-electron chi connectivity index (χ2n) is 8.78. The van der Waals surface area contributed by atoms with Crippen LogP contribution in [0.5, 0.6) is 0 Å². The van der Waals surface area contributed by atoms with E-state index in [2.05, 4.69) is 10.00 Å². The molecule has 2 unspecified atom stereocenters. The van der Waals surface area contributed by atoms with Crippen LogP contribution in [0.15, 0.2) is 63.8 Å². The number of nitrogens with zero attached hydrogens (tertiary/aromatic N) is 3. The largest absolute Gasteiger partial charge is 0.465 e. The van der Waals surface area contributed by atoms with Crippen molar-refractivity contribution in [1.82, 2.24) is 14.7 Å². The molecule has 0 spiro atoms. The van der Waals surface area contributed by atoms with Crippen LogP contribution < -0.4 is 5.56 Å². The number of fused-ring (bicyclic) bond motifs is 2. The fourth-order valence-corrected chi connectivity index (χ4v) is 5.15. The molecule has 0 saturated carbocycles. The topological polar surface area (TPSA) is 71.5 Å². The van der Waals surface area contributed by atoms with E-state index in [-0.39, 0.29) is 12.1 Å². The van der Waals surface area contributed by atoms with E-state index in [1.165, 1.54) is 4.68 Å². The minimum atomic E-state index is -0.923. The van der Waals surface area contributed by atoms with Crippen molar-refractivity contribution in [2.45, 2.75) is 63.4 Å². The summed E-state index contributed by atoms with van der Waals surface area (Å²) in [6.07, 6.45) is 3.43. The van der Waals surface area contributed by atoms with Gasteiger partial charge >= 0.3 is 0 Å². The van der Waals surface area contributed by atoms with E-state index in [1.54, 1.807) is 12.1 Å². The predicted molar refractivity (Wildman–Crippen MR) is 114 cm³/mol. The second-order valence-corrected chi connectivity index (χ2v) is 8.78. The Labute approximate surface area is 175 Å². The predicted octanol–water partition coefficient (Wildman–Crippen LogP) is 3.37. The molecule has 0 aliphatic carbocycles. The first-order valence-electron chi connectivity index (χ1n) is 10.7. The minimum absolute atomic E-state index is 0.177. The summed E-state index contributed by atoms with van der Waals surface area (Å²) in [5, 5.41) is 16.0. The van der Waals surface area contributed by atoms with Gasteiger partial charge in [-0.05, 0) is 50.8 Å². The summed E-state index contributed by atoms with van der Waals surface area (Å²) in [6, 6.07) is 17.7. The summed E-state index contributed by atoms with van der Waals surface area (Å²) in [7, 11) is 0. The molecule has 30 heavy (non-hydrogen) atoms. The van der Waals surface area contributed by atoms with Crippen LogP contribution >= 0.6 is 0 Å². The summed E-state index contributed by atoms with van der Waals surface area (Å²) in [5.74, 6) is 1.90. The zero-order chi connectivity index (χ0) is 20.7. The Kier molecular flexibility index (Phi) is 4.83. The van der Waals surface area contributed by atoms with Gasteiger partial charge in [0.25, 0.3) is 5.56 Å². The Balaban J connectivity index is 1.34. The zero-order valence-electron chi connectivity index (χ0n) is 17.2. The molecule has 156 valence electrons. The van der Waals surface area contributed by atoms with Crippen molar-refractivity contribution in [3.63, 3.8) is 0 Å². The lowest BCUT2D eigenvalue weighted by Gasteiger charge is -2.43. The number of hydrogen-bond acceptors (Lipinski definition) is 5. The molecule has 2 bridgehead atoms. The first-order chi connectivity index (χ1) is 14.5. The van der Waals surface area contributed by atoms with Gasteiger partial charge in [0, 0.05) is 23.7 Å². The molecule has 0 radical (unpaired) electrons. The molecule has 6 heteroatoms. The van der Waals surface area contributed by atoms with E-state index < -0.39 is 5.60 Å². The molecule has 2 fully saturated rings. The lowest BCUT2D eigenvalue weighted by molar-refractivity contribution is -0.0690. The summed E-state index contributed by atoms with van der Waals surface area (Å²) in [4.78, 5) is 14.9. The van der Waals surface area contributed by atoms with Crippen molar-refractivity contribution in [2.24, 2.45) is 0 Å². The van der Waals surface area contributed by atoms with Crippen LogP contribution in [-0.2, 0) is 13.1 Å². The van der Waals surface area contributed by atoms with Gasteiger partial charge in [-0.25, -0.2) is 4.68 Å². The summed E-state index contributed by atoms with van der Waals surface area (Å²) < 4.78 is 7.21. The highest BCUT2D eigenvalue weighted by atomic mass is 16.3. The summed E-state index contributed by atoms with van der Waals surface area (Å²) >= 11 is 0. The molecule has 2 atom stereocenters. The summed E-state index contributed by atoms with van der Waals surface area (Å²) in [6.45, 7) is 2.97. The molecule has 1 N–H and O–H groups in total. The SMILES string of the molecule is Cc1ccc(CN2C3CCC2CC(O)(Cn2nc(-c4ccccc4)ccc2=O)C3)o1. The average molecular weight is 405 g/mol. The quantitative estimate of drug-likeness (QED) is 0.705. The number of aryl methyl sites for hydroxylation is 1. The lowest BCUT2D eigenvalue weighted by atomic mass is 9.86. The third-order valence-corrected chi connectivity index (χ3v) is 6.52. The zero-order valence-corrected chi connectivity index (χ0v) is 17.2. The molecular formula is C24H27N3O3. The molecule has 2 aromatic heterocycles. The first kappa shape index (κ1) is 19.3. The number of aliphatic hydroxyl groups is 1. The van der Waals surface area contributed by atoms with Crippen molar-refractivity contribution in [2.75, 3.05) is 0 Å². The normalized spacial score (nSPS) is 26.2. The van der Waals surface area contributed by atoms with Gasteiger partial charge in [-0.3, -0.25) is 9.69 Å². The van der Waals surface area contributed by atoms with E-state index in [0.717, 1.165) is 42.2 Å². The van der Waals surface area contributed by atoms with Gasteiger partial charge in [0.2, 0.25) is 0 Å². The van der Waals surface area contributed by atoms with E-state index >= 15 is 0 Å². The van der Waals surface area contributed by atoms with E-state index in [4.69, 9.17) is 4.42 Å². The van der Waals surface area contributed by atoms with Gasteiger partial charge in [0.1, 0.15) is 11.5 Å². The minimum Gasteiger partial charge on any atom is -0.465 e. The lowest BCUT2D eigenvalue weighted by Crippen LogP contribution is -2.53. The Morgan fingerprint density at radius 2 is 1.80 bits per heavy atom. The van der Waals surface area contributed by atoms with Gasteiger partial charge < -0.3 is 9.52 Å². The van der Waals surface area contributed by atoms with E-state index in [9.17, 15) is 9.90 Å². The highest BCUT2D eigenvalue weighted by molar-refractivity contribution is 5.57. The van der Waals surface area contributed by atoms with Crippen molar-refractivity contribution in [1.29, 1.82) is 0 Å². The van der Waals surface area contributed by atoms with Gasteiger partial charge in [-0.2, -0.15) is 5.10 Å². The number of rotatable bonds is 5. The van der Waals surface area contributed by atoms with E-state index in [1.807, 2.05) is 49.4 Å². The average Bonchev–Trinajstić information content (AvgIpc) is 3.25. The van der Waals surface area contributed by atoms with E-state index in [0.29, 0.717) is 24.9 Å². The molecule has 5 rings (SSSR count). The Hall–Kier alpha value is -2.70. The van der Waals surface area contributed by atoms with Gasteiger partial charge in [0.15, 0.2) is 0 Å². The number of benzene rings is 1. The molecule has 6 nitrogen and oxygen atoms in total. The van der Waals surface area contributed by atoms with Crippen molar-refractivity contribution in [3.05, 3.63) is 76.5 Å². The maximum absolute atomic E-state index is 12.5. The molecule has 0 amide bonds.